The van der Waals surface area contributed by atoms with Crippen LogP contribution in [0.1, 0.15) is 47.8 Å². The van der Waals surface area contributed by atoms with E-state index in [0.717, 1.165) is 37.3 Å². The van der Waals surface area contributed by atoms with Crippen LogP contribution in [0.4, 0.5) is 10.2 Å². The summed E-state index contributed by atoms with van der Waals surface area (Å²) < 4.78 is 13.5. The molecule has 0 radical (unpaired) electrons. The largest absolute Gasteiger partial charge is 0.355 e. The molecule has 25 heavy (non-hydrogen) atoms. The molecule has 0 aliphatic carbocycles. The minimum Gasteiger partial charge on any atom is -0.355 e. The maximum Gasteiger partial charge on any atom is 0.274 e. The second kappa shape index (κ2) is 6.78. The van der Waals surface area contributed by atoms with Gasteiger partial charge in [0, 0.05) is 19.6 Å². The van der Waals surface area contributed by atoms with Crippen LogP contribution in [0.15, 0.2) is 36.4 Å². The van der Waals surface area contributed by atoms with Crippen molar-refractivity contribution in [1.29, 1.82) is 0 Å². The van der Waals surface area contributed by atoms with Crippen LogP contribution in [0.3, 0.4) is 0 Å². The smallest absolute Gasteiger partial charge is 0.274 e. The predicted molar refractivity (Wildman–Crippen MR) is 92.9 cm³/mol. The van der Waals surface area contributed by atoms with Crippen molar-refractivity contribution in [2.75, 3.05) is 24.5 Å². The maximum atomic E-state index is 13.5. The highest BCUT2D eigenvalue weighted by atomic mass is 19.1. The van der Waals surface area contributed by atoms with Crippen LogP contribution < -0.4 is 4.90 Å². The molecule has 3 heterocycles. The summed E-state index contributed by atoms with van der Waals surface area (Å²) in [6.07, 6.45) is 4.09. The third-order valence-electron chi connectivity index (χ3n) is 5.05. The summed E-state index contributed by atoms with van der Waals surface area (Å²) in [4.78, 5) is 16.8. The molecule has 0 saturated carbocycles. The van der Waals surface area contributed by atoms with E-state index in [0.29, 0.717) is 12.2 Å². The van der Waals surface area contributed by atoms with Crippen LogP contribution in [-0.2, 0) is 0 Å². The zero-order chi connectivity index (χ0) is 17.2. The van der Waals surface area contributed by atoms with Crippen LogP contribution in [0.5, 0.6) is 0 Å². The first-order chi connectivity index (χ1) is 12.2. The molecule has 2 aliphatic rings. The Morgan fingerprint density at radius 2 is 1.88 bits per heavy atom. The summed E-state index contributed by atoms with van der Waals surface area (Å²) in [6, 6.07) is 10.0. The summed E-state index contributed by atoms with van der Waals surface area (Å²) in [7, 11) is 0. The van der Waals surface area contributed by atoms with Gasteiger partial charge in [0.1, 0.15) is 5.82 Å². The van der Waals surface area contributed by atoms with Gasteiger partial charge in [-0.05, 0) is 55.5 Å². The summed E-state index contributed by atoms with van der Waals surface area (Å²) >= 11 is 0. The minimum absolute atomic E-state index is 0.0942. The number of amides is 1. The van der Waals surface area contributed by atoms with E-state index in [1.165, 1.54) is 25.0 Å². The fourth-order valence-corrected chi connectivity index (χ4v) is 3.77. The molecule has 2 saturated heterocycles. The highest BCUT2D eigenvalue weighted by Gasteiger charge is 2.31. The van der Waals surface area contributed by atoms with E-state index in [2.05, 4.69) is 15.1 Å². The second-order valence-corrected chi connectivity index (χ2v) is 6.68. The molecule has 2 aliphatic heterocycles. The maximum absolute atomic E-state index is 13.5. The number of benzene rings is 1. The lowest BCUT2D eigenvalue weighted by molar-refractivity contribution is 0.0728. The number of nitrogens with zero attached hydrogens (tertiary/aromatic N) is 4. The first-order valence-electron chi connectivity index (χ1n) is 8.87. The van der Waals surface area contributed by atoms with Crippen LogP contribution >= 0.6 is 0 Å². The standard InChI is InChI=1S/C19H21FN4O/c20-15-6-3-5-14(13-15)17-7-4-12-24(17)19(25)16-8-9-18(22-21-16)23-10-1-2-11-23/h3,5-6,8-9,13,17H,1-2,4,7,10-12H2/t17-/m1/s1. The highest BCUT2D eigenvalue weighted by Crippen LogP contribution is 2.33. The normalized spacial score (nSPS) is 20.3. The lowest BCUT2D eigenvalue weighted by Gasteiger charge is -2.25. The van der Waals surface area contributed by atoms with Crippen LogP contribution in [0, 0.1) is 5.82 Å². The Balaban J connectivity index is 1.53. The van der Waals surface area contributed by atoms with E-state index in [1.807, 2.05) is 12.1 Å². The molecule has 1 aromatic heterocycles. The number of likely N-dealkylation sites (tertiary alicyclic amines) is 1. The fourth-order valence-electron chi connectivity index (χ4n) is 3.77. The Hall–Kier alpha value is -2.50. The van der Waals surface area contributed by atoms with Crippen LogP contribution in [0.25, 0.3) is 0 Å². The molecular formula is C19H21FN4O. The van der Waals surface area contributed by atoms with Gasteiger partial charge in [-0.25, -0.2) is 4.39 Å². The van der Waals surface area contributed by atoms with Crippen molar-refractivity contribution in [3.05, 3.63) is 53.5 Å². The van der Waals surface area contributed by atoms with E-state index in [-0.39, 0.29) is 17.8 Å². The van der Waals surface area contributed by atoms with Crippen molar-refractivity contribution in [2.45, 2.75) is 31.7 Å². The SMILES string of the molecule is O=C(c1ccc(N2CCCC2)nn1)N1CCC[C@@H]1c1cccc(F)c1. The Labute approximate surface area is 146 Å². The number of halogens is 1. The Kier molecular flexibility index (Phi) is 4.34. The van der Waals surface area contributed by atoms with Gasteiger partial charge in [0.2, 0.25) is 0 Å². The van der Waals surface area contributed by atoms with Gasteiger partial charge < -0.3 is 9.80 Å². The van der Waals surface area contributed by atoms with E-state index in [9.17, 15) is 9.18 Å². The molecule has 1 atom stereocenters. The molecule has 1 aromatic carbocycles. The van der Waals surface area contributed by atoms with Crippen molar-refractivity contribution in [3.63, 3.8) is 0 Å². The number of hydrogen-bond donors (Lipinski definition) is 0. The predicted octanol–water partition coefficient (Wildman–Crippen LogP) is 3.19. The van der Waals surface area contributed by atoms with Gasteiger partial charge >= 0.3 is 0 Å². The Morgan fingerprint density at radius 3 is 2.60 bits per heavy atom. The molecule has 0 N–H and O–H groups in total. The van der Waals surface area contributed by atoms with Gasteiger partial charge in [-0.1, -0.05) is 12.1 Å². The van der Waals surface area contributed by atoms with Gasteiger partial charge in [0.15, 0.2) is 11.5 Å². The van der Waals surface area contributed by atoms with E-state index in [1.54, 1.807) is 17.0 Å². The van der Waals surface area contributed by atoms with E-state index < -0.39 is 0 Å². The molecule has 5 nitrogen and oxygen atoms in total. The molecule has 0 unspecified atom stereocenters. The first kappa shape index (κ1) is 16.0. The summed E-state index contributed by atoms with van der Waals surface area (Å²) in [5.41, 5.74) is 1.19. The van der Waals surface area contributed by atoms with Gasteiger partial charge in [0.25, 0.3) is 5.91 Å². The van der Waals surface area contributed by atoms with Crippen LogP contribution in [0.2, 0.25) is 0 Å². The zero-order valence-electron chi connectivity index (χ0n) is 14.1. The molecule has 1 amide bonds. The molecule has 2 fully saturated rings. The van der Waals surface area contributed by atoms with Crippen LogP contribution in [-0.4, -0.2) is 40.6 Å². The first-order valence-corrected chi connectivity index (χ1v) is 8.87. The van der Waals surface area contributed by atoms with Crippen molar-refractivity contribution in [2.24, 2.45) is 0 Å². The Morgan fingerprint density at radius 1 is 1.04 bits per heavy atom. The Bertz CT molecular complexity index is 758. The van der Waals surface area contributed by atoms with Crippen molar-refractivity contribution < 1.29 is 9.18 Å². The molecular weight excluding hydrogens is 319 g/mol. The zero-order valence-corrected chi connectivity index (χ0v) is 14.1. The summed E-state index contributed by atoms with van der Waals surface area (Å²) in [5.74, 6) is 0.427. The van der Waals surface area contributed by atoms with E-state index in [4.69, 9.17) is 0 Å². The van der Waals surface area contributed by atoms with E-state index >= 15 is 0 Å². The quantitative estimate of drug-likeness (QED) is 0.861. The summed E-state index contributed by atoms with van der Waals surface area (Å²) in [5, 5.41) is 8.39. The van der Waals surface area contributed by atoms with Crippen molar-refractivity contribution in [3.8, 4) is 0 Å². The average molecular weight is 340 g/mol. The third kappa shape index (κ3) is 3.21. The summed E-state index contributed by atoms with van der Waals surface area (Å²) in [6.45, 7) is 2.65. The molecule has 2 aromatic rings. The monoisotopic (exact) mass is 340 g/mol. The van der Waals surface area contributed by atoms with Gasteiger partial charge in [-0.3, -0.25) is 4.79 Å². The molecule has 130 valence electrons. The molecule has 6 heteroatoms. The molecule has 0 spiro atoms. The minimum atomic E-state index is -0.272. The van der Waals surface area contributed by atoms with Gasteiger partial charge in [-0.2, -0.15) is 0 Å². The second-order valence-electron chi connectivity index (χ2n) is 6.68. The molecule has 0 bridgehead atoms. The molecule has 4 rings (SSSR count). The lowest BCUT2D eigenvalue weighted by atomic mass is 10.0. The number of carbonyl (C=O) groups is 1. The highest BCUT2D eigenvalue weighted by molar-refractivity contribution is 5.92. The third-order valence-corrected chi connectivity index (χ3v) is 5.05. The lowest BCUT2D eigenvalue weighted by Crippen LogP contribution is -2.31. The number of anilines is 1. The van der Waals surface area contributed by atoms with Crippen molar-refractivity contribution in [1.82, 2.24) is 15.1 Å². The number of aromatic nitrogens is 2. The number of hydrogen-bond acceptors (Lipinski definition) is 4. The average Bonchev–Trinajstić information content (AvgIpc) is 3.33. The fraction of sp³-hybridized carbons (Fsp3) is 0.421. The topological polar surface area (TPSA) is 49.3 Å². The number of carbonyl (C=O) groups excluding carboxylic acids is 1. The number of rotatable bonds is 3. The van der Waals surface area contributed by atoms with Crippen molar-refractivity contribution >= 4 is 11.7 Å². The van der Waals surface area contributed by atoms with Gasteiger partial charge in [-0.15, -0.1) is 10.2 Å². The van der Waals surface area contributed by atoms with Gasteiger partial charge in [0.05, 0.1) is 6.04 Å².